The lowest BCUT2D eigenvalue weighted by Gasteiger charge is -2.12. The first kappa shape index (κ1) is 17.5. The smallest absolute Gasteiger partial charge is 0.127 e. The van der Waals surface area contributed by atoms with Crippen LogP contribution in [-0.4, -0.2) is 6.54 Å². The van der Waals surface area contributed by atoms with E-state index >= 15 is 0 Å². The van der Waals surface area contributed by atoms with Crippen LogP contribution in [0.25, 0.3) is 12.2 Å². The largest absolute Gasteiger partial charge is 0.488 e. The van der Waals surface area contributed by atoms with Crippen LogP contribution in [0, 0.1) is 0 Å². The molecule has 3 heteroatoms. The molecular weight excluding hydrogens is 326 g/mol. The summed E-state index contributed by atoms with van der Waals surface area (Å²) in [5, 5.41) is 5.46. The Labute approximate surface area is 153 Å². The highest BCUT2D eigenvalue weighted by atomic mass is 32.1. The molecule has 0 atom stereocenters. The molecule has 0 aliphatic carbocycles. The van der Waals surface area contributed by atoms with E-state index in [0.29, 0.717) is 6.61 Å². The molecular formula is C22H23NOS. The summed E-state index contributed by atoms with van der Waals surface area (Å²) < 4.78 is 6.14. The fourth-order valence-electron chi connectivity index (χ4n) is 2.51. The Morgan fingerprint density at radius 3 is 2.60 bits per heavy atom. The van der Waals surface area contributed by atoms with Gasteiger partial charge in [0.2, 0.25) is 0 Å². The molecule has 1 heterocycles. The molecule has 2 aromatic carbocycles. The highest BCUT2D eigenvalue weighted by molar-refractivity contribution is 7.10. The Morgan fingerprint density at radius 1 is 0.960 bits per heavy atom. The van der Waals surface area contributed by atoms with Crippen LogP contribution < -0.4 is 10.1 Å². The van der Waals surface area contributed by atoms with E-state index in [1.807, 2.05) is 18.2 Å². The summed E-state index contributed by atoms with van der Waals surface area (Å²) in [5.41, 5.74) is 3.51. The fraction of sp³-hybridized carbons (Fsp3) is 0.182. The van der Waals surface area contributed by atoms with Crippen LogP contribution in [0.5, 0.6) is 5.75 Å². The van der Waals surface area contributed by atoms with E-state index < -0.39 is 0 Å². The summed E-state index contributed by atoms with van der Waals surface area (Å²) in [7, 11) is 0. The van der Waals surface area contributed by atoms with E-state index in [1.54, 1.807) is 11.3 Å². The molecule has 128 valence electrons. The van der Waals surface area contributed by atoms with Gasteiger partial charge in [-0.1, -0.05) is 55.5 Å². The van der Waals surface area contributed by atoms with Crippen LogP contribution in [0.2, 0.25) is 0 Å². The zero-order valence-electron chi connectivity index (χ0n) is 14.4. The van der Waals surface area contributed by atoms with Gasteiger partial charge in [0.05, 0.1) is 0 Å². The van der Waals surface area contributed by atoms with Gasteiger partial charge in [-0.15, -0.1) is 11.3 Å². The van der Waals surface area contributed by atoms with Crippen molar-refractivity contribution in [1.82, 2.24) is 5.32 Å². The topological polar surface area (TPSA) is 21.3 Å². The third-order valence-corrected chi connectivity index (χ3v) is 4.70. The number of rotatable bonds is 8. The first-order valence-electron chi connectivity index (χ1n) is 8.57. The van der Waals surface area contributed by atoms with E-state index in [1.165, 1.54) is 16.0 Å². The number of nitrogens with one attached hydrogen (secondary N) is 1. The van der Waals surface area contributed by atoms with Crippen LogP contribution >= 0.6 is 11.3 Å². The maximum absolute atomic E-state index is 6.14. The Kier molecular flexibility index (Phi) is 6.43. The van der Waals surface area contributed by atoms with Gasteiger partial charge in [-0.25, -0.2) is 0 Å². The lowest BCUT2D eigenvalue weighted by molar-refractivity contribution is 0.305. The highest BCUT2D eigenvalue weighted by Gasteiger charge is 2.04. The molecule has 0 radical (unpaired) electrons. The second-order valence-electron chi connectivity index (χ2n) is 5.78. The Hall–Kier alpha value is -2.36. The van der Waals surface area contributed by atoms with Crippen molar-refractivity contribution in [1.29, 1.82) is 0 Å². The minimum absolute atomic E-state index is 0.575. The van der Waals surface area contributed by atoms with Crippen LogP contribution in [0.3, 0.4) is 0 Å². The van der Waals surface area contributed by atoms with E-state index in [4.69, 9.17) is 4.74 Å². The van der Waals surface area contributed by atoms with Crippen molar-refractivity contribution in [3.8, 4) is 5.75 Å². The third-order valence-electron chi connectivity index (χ3n) is 3.86. The molecule has 1 aromatic heterocycles. The first-order valence-corrected chi connectivity index (χ1v) is 9.45. The molecule has 0 saturated heterocycles. The molecule has 3 aromatic rings. The molecule has 0 fully saturated rings. The van der Waals surface area contributed by atoms with Crippen LogP contribution in [0.1, 0.15) is 28.5 Å². The maximum Gasteiger partial charge on any atom is 0.127 e. The average Bonchev–Trinajstić information content (AvgIpc) is 3.18. The molecule has 1 N–H and O–H groups in total. The van der Waals surface area contributed by atoms with Crippen molar-refractivity contribution in [2.24, 2.45) is 0 Å². The van der Waals surface area contributed by atoms with Crippen molar-refractivity contribution in [2.75, 3.05) is 6.54 Å². The monoisotopic (exact) mass is 349 g/mol. The molecule has 0 spiro atoms. The zero-order valence-corrected chi connectivity index (χ0v) is 15.3. The van der Waals surface area contributed by atoms with Gasteiger partial charge in [0.25, 0.3) is 0 Å². The summed E-state index contributed by atoms with van der Waals surface area (Å²) in [6, 6.07) is 20.9. The Balaban J connectivity index is 1.79. The third kappa shape index (κ3) is 5.31. The van der Waals surface area contributed by atoms with Crippen molar-refractivity contribution < 1.29 is 4.74 Å². The molecule has 0 aliphatic heterocycles. The summed E-state index contributed by atoms with van der Waals surface area (Å²) in [6.07, 6.45) is 4.27. The van der Waals surface area contributed by atoms with E-state index in [0.717, 1.165) is 24.4 Å². The van der Waals surface area contributed by atoms with Crippen molar-refractivity contribution in [2.45, 2.75) is 20.1 Å². The number of benzene rings is 2. The number of ether oxygens (including phenoxy) is 1. The van der Waals surface area contributed by atoms with E-state index in [9.17, 15) is 0 Å². The summed E-state index contributed by atoms with van der Waals surface area (Å²) in [5.74, 6) is 0.923. The predicted octanol–water partition coefficient (Wildman–Crippen LogP) is 5.61. The normalized spacial score (nSPS) is 11.1. The van der Waals surface area contributed by atoms with E-state index in [-0.39, 0.29) is 0 Å². The molecule has 0 amide bonds. The number of hydrogen-bond donors (Lipinski definition) is 1. The Morgan fingerprint density at radius 2 is 1.84 bits per heavy atom. The van der Waals surface area contributed by atoms with Crippen molar-refractivity contribution >= 4 is 23.5 Å². The highest BCUT2D eigenvalue weighted by Crippen LogP contribution is 2.25. The van der Waals surface area contributed by atoms with Crippen LogP contribution in [0.4, 0.5) is 0 Å². The van der Waals surface area contributed by atoms with Crippen LogP contribution in [-0.2, 0) is 13.2 Å². The lowest BCUT2D eigenvalue weighted by atomic mass is 10.1. The zero-order chi connectivity index (χ0) is 17.3. The molecule has 0 saturated carbocycles. The van der Waals surface area contributed by atoms with Crippen molar-refractivity contribution in [3.63, 3.8) is 0 Å². The fourth-order valence-corrected chi connectivity index (χ4v) is 3.13. The van der Waals surface area contributed by atoms with Gasteiger partial charge in [-0.2, -0.15) is 0 Å². The quantitative estimate of drug-likeness (QED) is 0.571. The van der Waals surface area contributed by atoms with Gasteiger partial charge in [-0.05, 0) is 47.3 Å². The number of thiophene rings is 1. The van der Waals surface area contributed by atoms with Gasteiger partial charge in [0.1, 0.15) is 12.4 Å². The van der Waals surface area contributed by atoms with Crippen LogP contribution in [0.15, 0.2) is 66.0 Å². The standard InChI is InChI=1S/C22H23NOS/c1-2-23-16-19-10-11-20(12-13-21-9-6-14-25-21)22(15-19)24-17-18-7-4-3-5-8-18/h3-15,23H,2,16-17H2,1H3. The van der Waals surface area contributed by atoms with Gasteiger partial charge < -0.3 is 10.1 Å². The second kappa shape index (κ2) is 9.21. The van der Waals surface area contributed by atoms with Gasteiger partial charge in [-0.3, -0.25) is 0 Å². The predicted molar refractivity (Wildman–Crippen MR) is 108 cm³/mol. The van der Waals surface area contributed by atoms with Gasteiger partial charge >= 0.3 is 0 Å². The Bertz CT molecular complexity index is 794. The lowest BCUT2D eigenvalue weighted by Crippen LogP contribution is -2.11. The molecule has 2 nitrogen and oxygen atoms in total. The molecule has 3 rings (SSSR count). The average molecular weight is 349 g/mol. The maximum atomic E-state index is 6.14. The van der Waals surface area contributed by atoms with Gasteiger partial charge in [0, 0.05) is 17.0 Å². The summed E-state index contributed by atoms with van der Waals surface area (Å²) in [4.78, 5) is 1.24. The molecule has 25 heavy (non-hydrogen) atoms. The molecule has 0 bridgehead atoms. The summed E-state index contributed by atoms with van der Waals surface area (Å²) in [6.45, 7) is 4.50. The summed E-state index contributed by atoms with van der Waals surface area (Å²) >= 11 is 1.73. The minimum Gasteiger partial charge on any atom is -0.488 e. The minimum atomic E-state index is 0.575. The number of hydrogen-bond acceptors (Lipinski definition) is 3. The van der Waals surface area contributed by atoms with E-state index in [2.05, 4.69) is 72.2 Å². The SMILES string of the molecule is CCNCc1ccc(C=Cc2cccs2)c(OCc2ccccc2)c1. The van der Waals surface area contributed by atoms with Crippen molar-refractivity contribution in [3.05, 3.63) is 87.6 Å². The molecule has 0 aliphatic rings. The first-order chi connectivity index (χ1) is 12.3. The van der Waals surface area contributed by atoms with Gasteiger partial charge in [0.15, 0.2) is 0 Å². The molecule has 0 unspecified atom stereocenters. The second-order valence-corrected chi connectivity index (χ2v) is 6.75.